The summed E-state index contributed by atoms with van der Waals surface area (Å²) in [6.07, 6.45) is 1.53. The fraction of sp³-hybridized carbons (Fsp3) is 0. The zero-order chi connectivity index (χ0) is 8.39. The van der Waals surface area contributed by atoms with Crippen LogP contribution >= 0.6 is 11.3 Å². The third-order valence-corrected chi connectivity index (χ3v) is 2.30. The minimum atomic E-state index is 0.398. The number of ether oxygens (including phenoxy) is 1. The Hall–Kier alpha value is -1.42. The Kier molecular flexibility index (Phi) is 1.75. The number of hydrogen-bond acceptors (Lipinski definition) is 4. The van der Waals surface area contributed by atoms with E-state index in [1.807, 2.05) is 11.4 Å². The van der Waals surface area contributed by atoms with E-state index >= 15 is 0 Å². The highest BCUT2D eigenvalue weighted by atomic mass is 32.1. The maximum Gasteiger partial charge on any atom is 0.298 e. The van der Waals surface area contributed by atoms with E-state index in [0.717, 1.165) is 10.2 Å². The third kappa shape index (κ3) is 1.16. The van der Waals surface area contributed by atoms with Crippen molar-refractivity contribution in [1.82, 2.24) is 4.98 Å². The molecule has 0 spiro atoms. The van der Waals surface area contributed by atoms with Crippen molar-refractivity contribution in [2.45, 2.75) is 0 Å². The van der Waals surface area contributed by atoms with Gasteiger partial charge in [0.25, 0.3) is 6.47 Å². The van der Waals surface area contributed by atoms with Crippen molar-refractivity contribution in [2.24, 2.45) is 0 Å². The number of carbonyl (C=O) groups excluding carboxylic acids is 1. The number of aromatic nitrogens is 1. The fourth-order valence-electron chi connectivity index (χ4n) is 0.959. The smallest absolute Gasteiger partial charge is 0.298 e. The maximum atomic E-state index is 10.0. The van der Waals surface area contributed by atoms with E-state index in [2.05, 4.69) is 9.72 Å². The molecule has 0 aliphatic carbocycles. The summed E-state index contributed by atoms with van der Waals surface area (Å²) >= 11 is 1.56. The molecule has 2 rings (SSSR count). The van der Waals surface area contributed by atoms with Gasteiger partial charge in [0.2, 0.25) is 0 Å². The number of nitrogens with zero attached hydrogens (tertiary/aromatic N) is 1. The monoisotopic (exact) mass is 179 g/mol. The normalized spacial score (nSPS) is 10.0. The Morgan fingerprint density at radius 2 is 2.50 bits per heavy atom. The molecule has 0 aliphatic heterocycles. The van der Waals surface area contributed by atoms with E-state index in [-0.39, 0.29) is 0 Å². The first-order valence-corrected chi connectivity index (χ1v) is 4.21. The topological polar surface area (TPSA) is 39.2 Å². The molecule has 0 N–H and O–H groups in total. The summed E-state index contributed by atoms with van der Waals surface area (Å²) < 4.78 is 4.64. The molecule has 4 heteroatoms. The molecule has 0 radical (unpaired) electrons. The van der Waals surface area contributed by atoms with Crippen LogP contribution in [0.3, 0.4) is 0 Å². The minimum Gasteiger partial charge on any atom is -0.427 e. The lowest BCUT2D eigenvalue weighted by atomic mass is 10.3. The van der Waals surface area contributed by atoms with Crippen LogP contribution in [0.5, 0.6) is 5.75 Å². The highest BCUT2D eigenvalue weighted by Gasteiger charge is 1.98. The number of pyridine rings is 1. The Morgan fingerprint density at radius 1 is 1.58 bits per heavy atom. The summed E-state index contributed by atoms with van der Waals surface area (Å²) in [5.41, 5.74) is 0. The summed E-state index contributed by atoms with van der Waals surface area (Å²) in [6, 6.07) is 3.72. The van der Waals surface area contributed by atoms with E-state index in [9.17, 15) is 4.79 Å². The van der Waals surface area contributed by atoms with E-state index in [4.69, 9.17) is 0 Å². The van der Waals surface area contributed by atoms with Crippen LogP contribution in [-0.2, 0) is 4.79 Å². The van der Waals surface area contributed by atoms with Crippen LogP contribution in [0.1, 0.15) is 0 Å². The van der Waals surface area contributed by atoms with Crippen LogP contribution in [0, 0.1) is 0 Å². The predicted octanol–water partition coefficient (Wildman–Crippen LogP) is 1.83. The van der Waals surface area contributed by atoms with Crippen LogP contribution in [0.25, 0.3) is 10.2 Å². The van der Waals surface area contributed by atoms with Gasteiger partial charge in [-0.15, -0.1) is 11.3 Å². The molecule has 3 nitrogen and oxygen atoms in total. The minimum absolute atomic E-state index is 0.398. The summed E-state index contributed by atoms with van der Waals surface area (Å²) in [6.45, 7) is 0.398. The first kappa shape index (κ1) is 7.24. The second kappa shape index (κ2) is 2.91. The number of thiophene rings is 1. The largest absolute Gasteiger partial charge is 0.427 e. The summed E-state index contributed by atoms with van der Waals surface area (Å²) in [4.78, 5) is 15.0. The van der Waals surface area contributed by atoms with Crippen molar-refractivity contribution in [2.75, 3.05) is 0 Å². The lowest BCUT2D eigenvalue weighted by Gasteiger charge is -1.94. The highest BCUT2D eigenvalue weighted by Crippen LogP contribution is 2.21. The van der Waals surface area contributed by atoms with Gasteiger partial charge in [-0.2, -0.15) is 0 Å². The molecular weight excluding hydrogens is 174 g/mol. The molecule has 2 heterocycles. The van der Waals surface area contributed by atoms with Gasteiger partial charge in [-0.3, -0.25) is 4.79 Å². The van der Waals surface area contributed by atoms with E-state index < -0.39 is 0 Å². The molecule has 2 aromatic heterocycles. The second-order valence-electron chi connectivity index (χ2n) is 2.20. The van der Waals surface area contributed by atoms with E-state index in [1.165, 1.54) is 6.20 Å². The molecule has 0 bridgehead atoms. The molecule has 60 valence electrons. The van der Waals surface area contributed by atoms with Crippen LogP contribution in [-0.4, -0.2) is 11.5 Å². The van der Waals surface area contributed by atoms with Gasteiger partial charge in [0.1, 0.15) is 10.6 Å². The van der Waals surface area contributed by atoms with Gasteiger partial charge >= 0.3 is 0 Å². The van der Waals surface area contributed by atoms with Crippen molar-refractivity contribution in [3.63, 3.8) is 0 Å². The van der Waals surface area contributed by atoms with Crippen LogP contribution in [0.4, 0.5) is 0 Å². The van der Waals surface area contributed by atoms with E-state index in [0.29, 0.717) is 12.2 Å². The number of fused-ring (bicyclic) bond motifs is 1. The quantitative estimate of drug-likeness (QED) is 0.660. The predicted molar refractivity (Wildman–Crippen MR) is 46.3 cm³/mol. The zero-order valence-corrected chi connectivity index (χ0v) is 6.88. The average molecular weight is 179 g/mol. The van der Waals surface area contributed by atoms with Gasteiger partial charge in [-0.05, 0) is 17.5 Å². The number of rotatable bonds is 2. The Balaban J connectivity index is 2.52. The van der Waals surface area contributed by atoms with Gasteiger partial charge < -0.3 is 4.74 Å². The first-order valence-electron chi connectivity index (χ1n) is 3.34. The van der Waals surface area contributed by atoms with Gasteiger partial charge in [0.05, 0.1) is 6.20 Å². The fourth-order valence-corrected chi connectivity index (χ4v) is 1.68. The molecular formula is C8H5NO2S. The molecule has 0 fully saturated rings. The summed E-state index contributed by atoms with van der Waals surface area (Å²) in [7, 11) is 0. The lowest BCUT2D eigenvalue weighted by Crippen LogP contribution is -1.88. The van der Waals surface area contributed by atoms with Crippen molar-refractivity contribution in [3.05, 3.63) is 23.7 Å². The zero-order valence-electron chi connectivity index (χ0n) is 6.06. The molecule has 0 saturated heterocycles. The standard InChI is InChI=1S/C8H5NO2S/c10-5-11-7-3-6-1-2-12-8(6)9-4-7/h1-5H. The Bertz CT molecular complexity index is 410. The van der Waals surface area contributed by atoms with Crippen molar-refractivity contribution >= 4 is 28.0 Å². The second-order valence-corrected chi connectivity index (χ2v) is 3.09. The Labute approximate surface area is 72.6 Å². The third-order valence-electron chi connectivity index (χ3n) is 1.47. The van der Waals surface area contributed by atoms with Crippen molar-refractivity contribution in [3.8, 4) is 5.75 Å². The molecule has 0 amide bonds. The Morgan fingerprint density at radius 3 is 3.33 bits per heavy atom. The summed E-state index contributed by atoms with van der Waals surface area (Å²) in [5.74, 6) is 0.482. The van der Waals surface area contributed by atoms with Gasteiger partial charge in [0, 0.05) is 5.39 Å². The van der Waals surface area contributed by atoms with Crippen molar-refractivity contribution in [1.29, 1.82) is 0 Å². The molecule has 0 aromatic carbocycles. The van der Waals surface area contributed by atoms with Crippen LogP contribution in [0.15, 0.2) is 23.7 Å². The van der Waals surface area contributed by atoms with Gasteiger partial charge in [-0.1, -0.05) is 0 Å². The lowest BCUT2D eigenvalue weighted by molar-refractivity contribution is -0.120. The molecule has 2 aromatic rings. The SMILES string of the molecule is O=COc1cnc2sccc2c1. The maximum absolute atomic E-state index is 10.0. The van der Waals surface area contributed by atoms with Crippen LogP contribution in [0.2, 0.25) is 0 Å². The van der Waals surface area contributed by atoms with Crippen molar-refractivity contribution < 1.29 is 9.53 Å². The molecule has 0 unspecified atom stereocenters. The molecule has 0 saturated carbocycles. The molecule has 12 heavy (non-hydrogen) atoms. The number of carbonyl (C=O) groups is 1. The van der Waals surface area contributed by atoms with Gasteiger partial charge in [-0.25, -0.2) is 4.98 Å². The van der Waals surface area contributed by atoms with E-state index in [1.54, 1.807) is 17.4 Å². The number of hydrogen-bond donors (Lipinski definition) is 0. The highest BCUT2D eigenvalue weighted by molar-refractivity contribution is 7.16. The molecule has 0 aliphatic rings. The first-order chi connectivity index (χ1) is 5.90. The van der Waals surface area contributed by atoms with Crippen LogP contribution < -0.4 is 4.74 Å². The molecule has 0 atom stereocenters. The van der Waals surface area contributed by atoms with Gasteiger partial charge in [0.15, 0.2) is 0 Å². The average Bonchev–Trinajstić information content (AvgIpc) is 2.51. The summed E-state index contributed by atoms with van der Waals surface area (Å²) in [5, 5.41) is 2.95.